The Hall–Kier alpha value is -1.46. The van der Waals surface area contributed by atoms with E-state index in [4.69, 9.17) is 5.73 Å². The fourth-order valence-electron chi connectivity index (χ4n) is 1.69. The molecule has 0 bridgehead atoms. The second-order valence-electron chi connectivity index (χ2n) is 4.48. The van der Waals surface area contributed by atoms with E-state index in [0.29, 0.717) is 0 Å². The normalized spacial score (nSPS) is 14.4. The molecule has 0 aliphatic heterocycles. The van der Waals surface area contributed by atoms with Crippen molar-refractivity contribution >= 4 is 27.5 Å². The van der Waals surface area contributed by atoms with E-state index >= 15 is 0 Å². The van der Waals surface area contributed by atoms with Crippen LogP contribution in [0.2, 0.25) is 0 Å². The maximum atomic E-state index is 11.5. The Morgan fingerprint density at radius 1 is 1.44 bits per heavy atom. The van der Waals surface area contributed by atoms with E-state index in [2.05, 4.69) is 16.4 Å². The molecule has 96 valence electrons. The molecule has 0 saturated carbocycles. The summed E-state index contributed by atoms with van der Waals surface area (Å²) in [7, 11) is 0. The lowest BCUT2D eigenvalue weighted by atomic mass is 10.2. The van der Waals surface area contributed by atoms with Crippen molar-refractivity contribution in [3.8, 4) is 0 Å². The summed E-state index contributed by atoms with van der Waals surface area (Å²) in [5.41, 5.74) is 6.53. The fraction of sp³-hybridized carbons (Fsp3) is 0.385. The first-order valence-corrected chi connectivity index (χ1v) is 6.78. The third-order valence-corrected chi connectivity index (χ3v) is 3.68. The van der Waals surface area contributed by atoms with Crippen molar-refractivity contribution in [2.45, 2.75) is 32.4 Å². The van der Waals surface area contributed by atoms with Crippen LogP contribution in [0.25, 0.3) is 10.2 Å². The predicted octanol–water partition coefficient (Wildman–Crippen LogP) is 1.69. The summed E-state index contributed by atoms with van der Waals surface area (Å²) in [6, 6.07) is 7.62. The van der Waals surface area contributed by atoms with Gasteiger partial charge in [0.15, 0.2) is 0 Å². The van der Waals surface area contributed by atoms with Crippen LogP contribution >= 0.6 is 11.3 Å². The zero-order valence-corrected chi connectivity index (χ0v) is 11.3. The fourth-order valence-corrected chi connectivity index (χ4v) is 2.79. The molecule has 1 heterocycles. The molecular formula is C13H17N3OS. The van der Waals surface area contributed by atoms with E-state index < -0.39 is 6.04 Å². The van der Waals surface area contributed by atoms with Crippen LogP contribution in [-0.4, -0.2) is 23.0 Å². The Bertz CT molecular complexity index is 517. The molecule has 0 saturated heterocycles. The lowest BCUT2D eigenvalue weighted by Gasteiger charge is -2.13. The van der Waals surface area contributed by atoms with Crippen LogP contribution in [0.4, 0.5) is 0 Å². The molecule has 0 radical (unpaired) electrons. The SMILES string of the molecule is CC(Cc1nc2ccccc2s1)NC(=O)[C@H](C)N. The first-order valence-electron chi connectivity index (χ1n) is 5.96. The van der Waals surface area contributed by atoms with Gasteiger partial charge in [0.25, 0.3) is 0 Å². The zero-order chi connectivity index (χ0) is 13.1. The molecule has 2 rings (SSSR count). The van der Waals surface area contributed by atoms with Crippen molar-refractivity contribution in [1.82, 2.24) is 10.3 Å². The number of hydrogen-bond acceptors (Lipinski definition) is 4. The minimum absolute atomic E-state index is 0.0454. The van der Waals surface area contributed by atoms with Crippen LogP contribution in [0.3, 0.4) is 0 Å². The lowest BCUT2D eigenvalue weighted by Crippen LogP contribution is -2.43. The maximum absolute atomic E-state index is 11.5. The number of carbonyl (C=O) groups excluding carboxylic acids is 1. The van der Waals surface area contributed by atoms with Gasteiger partial charge in [-0.1, -0.05) is 12.1 Å². The standard InChI is InChI=1S/C13H17N3OS/c1-8(15-13(17)9(2)14)7-12-16-10-5-3-4-6-11(10)18-12/h3-6,8-9H,7,14H2,1-2H3,(H,15,17)/t8?,9-/m0/s1. The highest BCUT2D eigenvalue weighted by Crippen LogP contribution is 2.22. The number of nitrogens with zero attached hydrogens (tertiary/aromatic N) is 1. The van der Waals surface area contributed by atoms with Gasteiger partial charge in [0, 0.05) is 12.5 Å². The highest BCUT2D eigenvalue weighted by molar-refractivity contribution is 7.18. The number of benzene rings is 1. The molecule has 0 aliphatic rings. The Labute approximate surface area is 110 Å². The molecule has 0 fully saturated rings. The molecule has 18 heavy (non-hydrogen) atoms. The van der Waals surface area contributed by atoms with E-state index in [-0.39, 0.29) is 11.9 Å². The van der Waals surface area contributed by atoms with Crippen molar-refractivity contribution in [1.29, 1.82) is 0 Å². The monoisotopic (exact) mass is 263 g/mol. The van der Waals surface area contributed by atoms with Crippen molar-refractivity contribution < 1.29 is 4.79 Å². The van der Waals surface area contributed by atoms with Gasteiger partial charge in [-0.3, -0.25) is 4.79 Å². The zero-order valence-electron chi connectivity index (χ0n) is 10.5. The van der Waals surface area contributed by atoms with E-state index in [9.17, 15) is 4.79 Å². The Morgan fingerprint density at radius 3 is 2.83 bits per heavy atom. The van der Waals surface area contributed by atoms with Crippen LogP contribution in [0.5, 0.6) is 0 Å². The molecule has 0 spiro atoms. The summed E-state index contributed by atoms with van der Waals surface area (Å²) in [5.74, 6) is -0.122. The molecule has 3 N–H and O–H groups in total. The van der Waals surface area contributed by atoms with E-state index in [1.165, 1.54) is 4.70 Å². The van der Waals surface area contributed by atoms with Gasteiger partial charge in [-0.15, -0.1) is 11.3 Å². The first-order chi connectivity index (χ1) is 8.56. The van der Waals surface area contributed by atoms with Crippen molar-refractivity contribution in [2.75, 3.05) is 0 Å². The molecule has 1 aromatic carbocycles. The first kappa shape index (κ1) is 13.0. The molecule has 2 aromatic rings. The minimum atomic E-state index is -0.470. The summed E-state index contributed by atoms with van der Waals surface area (Å²) in [6.07, 6.45) is 0.734. The van der Waals surface area contributed by atoms with Crippen molar-refractivity contribution in [3.63, 3.8) is 0 Å². The summed E-state index contributed by atoms with van der Waals surface area (Å²) in [5, 5.41) is 3.91. The number of nitrogens with two attached hydrogens (primary N) is 1. The van der Waals surface area contributed by atoms with Crippen molar-refractivity contribution in [2.24, 2.45) is 5.73 Å². The van der Waals surface area contributed by atoms with E-state index in [0.717, 1.165) is 16.9 Å². The van der Waals surface area contributed by atoms with Crippen LogP contribution in [0, 0.1) is 0 Å². The van der Waals surface area contributed by atoms with Gasteiger partial charge < -0.3 is 11.1 Å². The highest BCUT2D eigenvalue weighted by Gasteiger charge is 2.13. The molecule has 2 atom stereocenters. The number of carbonyl (C=O) groups is 1. The third kappa shape index (κ3) is 3.05. The Kier molecular flexibility index (Phi) is 3.93. The molecule has 5 heteroatoms. The van der Waals surface area contributed by atoms with Gasteiger partial charge in [-0.05, 0) is 26.0 Å². The van der Waals surface area contributed by atoms with Gasteiger partial charge in [0.2, 0.25) is 5.91 Å². The van der Waals surface area contributed by atoms with Gasteiger partial charge in [-0.25, -0.2) is 4.98 Å². The summed E-state index contributed by atoms with van der Waals surface area (Å²) in [4.78, 5) is 16.0. The second-order valence-corrected chi connectivity index (χ2v) is 5.59. The second kappa shape index (κ2) is 5.46. The van der Waals surface area contributed by atoms with Gasteiger partial charge in [0.1, 0.15) is 0 Å². The maximum Gasteiger partial charge on any atom is 0.236 e. The number of rotatable bonds is 4. The van der Waals surface area contributed by atoms with E-state index in [1.807, 2.05) is 25.1 Å². The topological polar surface area (TPSA) is 68.0 Å². The van der Waals surface area contributed by atoms with Crippen LogP contribution < -0.4 is 11.1 Å². The number of nitrogens with one attached hydrogen (secondary N) is 1. The molecule has 4 nitrogen and oxygen atoms in total. The van der Waals surface area contributed by atoms with Crippen molar-refractivity contribution in [3.05, 3.63) is 29.3 Å². The van der Waals surface area contributed by atoms with Crippen LogP contribution in [0.1, 0.15) is 18.9 Å². The van der Waals surface area contributed by atoms with Crippen LogP contribution in [0.15, 0.2) is 24.3 Å². The average Bonchev–Trinajstić information content (AvgIpc) is 2.70. The van der Waals surface area contributed by atoms with Gasteiger partial charge in [0.05, 0.1) is 21.3 Å². The Morgan fingerprint density at radius 2 is 2.17 bits per heavy atom. The number of thiazole rings is 1. The summed E-state index contributed by atoms with van der Waals surface area (Å²) in [6.45, 7) is 3.64. The molecule has 1 unspecified atom stereocenters. The molecule has 0 aliphatic carbocycles. The van der Waals surface area contributed by atoms with Crippen LogP contribution in [-0.2, 0) is 11.2 Å². The van der Waals surface area contributed by atoms with E-state index in [1.54, 1.807) is 18.3 Å². The highest BCUT2D eigenvalue weighted by atomic mass is 32.1. The molecule has 1 aromatic heterocycles. The number of aromatic nitrogens is 1. The minimum Gasteiger partial charge on any atom is -0.352 e. The molecular weight excluding hydrogens is 246 g/mol. The van der Waals surface area contributed by atoms with Gasteiger partial charge >= 0.3 is 0 Å². The average molecular weight is 263 g/mol. The molecule has 1 amide bonds. The van der Waals surface area contributed by atoms with Gasteiger partial charge in [-0.2, -0.15) is 0 Å². The quantitative estimate of drug-likeness (QED) is 0.882. The summed E-state index contributed by atoms with van der Waals surface area (Å²) >= 11 is 1.67. The smallest absolute Gasteiger partial charge is 0.236 e. The number of hydrogen-bond donors (Lipinski definition) is 2. The third-order valence-electron chi connectivity index (χ3n) is 2.62. The largest absolute Gasteiger partial charge is 0.352 e. The lowest BCUT2D eigenvalue weighted by molar-refractivity contribution is -0.122. The number of para-hydroxylation sites is 1. The number of fused-ring (bicyclic) bond motifs is 1. The Balaban J connectivity index is 2.02. The summed E-state index contributed by atoms with van der Waals surface area (Å²) < 4.78 is 1.18. The predicted molar refractivity (Wildman–Crippen MR) is 74.6 cm³/mol. The number of amides is 1.